The fraction of sp³-hybridized carbons (Fsp3) is 0.188. The quantitative estimate of drug-likeness (QED) is 0.912. The summed E-state index contributed by atoms with van der Waals surface area (Å²) in [5, 5.41) is 2.85. The first-order valence-electron chi connectivity index (χ1n) is 6.48. The lowest BCUT2D eigenvalue weighted by molar-refractivity contribution is -0.115. The van der Waals surface area contributed by atoms with Gasteiger partial charge in [-0.2, -0.15) is 0 Å². The minimum absolute atomic E-state index is 0. The number of rotatable bonds is 3. The fourth-order valence-electron chi connectivity index (χ4n) is 2.44. The van der Waals surface area contributed by atoms with Gasteiger partial charge in [-0.25, -0.2) is 0 Å². The first-order chi connectivity index (χ1) is 9.26. The molecule has 0 bridgehead atoms. The number of halogens is 1. The zero-order valence-electron chi connectivity index (χ0n) is 11.1. The van der Waals surface area contributed by atoms with Crippen molar-refractivity contribution in [2.75, 3.05) is 11.9 Å². The number of carbonyl (C=O) groups is 1. The third kappa shape index (κ3) is 2.84. The van der Waals surface area contributed by atoms with Crippen LogP contribution in [0.3, 0.4) is 0 Å². The van der Waals surface area contributed by atoms with Gasteiger partial charge in [-0.05, 0) is 47.4 Å². The van der Waals surface area contributed by atoms with Gasteiger partial charge in [0, 0.05) is 5.69 Å². The molecule has 0 saturated carbocycles. The molecule has 0 aliphatic carbocycles. The highest BCUT2D eigenvalue weighted by Gasteiger charge is 2.17. The Morgan fingerprint density at radius 1 is 1.05 bits per heavy atom. The highest BCUT2D eigenvalue weighted by atomic mass is 35.5. The van der Waals surface area contributed by atoms with E-state index < -0.39 is 0 Å². The van der Waals surface area contributed by atoms with Gasteiger partial charge in [-0.15, -0.1) is 12.4 Å². The standard InChI is InChI=1S/C16H16N2O.ClH/c17-8-7-11-1-3-12(4-2-11)13-5-6-15-14(9-13)10-16(19)18-15;/h1-6,9H,7-8,10,17H2,(H,18,19);1H. The predicted molar refractivity (Wildman–Crippen MR) is 84.2 cm³/mol. The van der Waals surface area contributed by atoms with Crippen molar-refractivity contribution in [3.05, 3.63) is 53.6 Å². The third-order valence-electron chi connectivity index (χ3n) is 3.45. The van der Waals surface area contributed by atoms with Gasteiger partial charge in [0.25, 0.3) is 0 Å². The largest absolute Gasteiger partial charge is 0.330 e. The fourth-order valence-corrected chi connectivity index (χ4v) is 2.44. The molecule has 4 heteroatoms. The lowest BCUT2D eigenvalue weighted by Crippen LogP contribution is -2.03. The molecule has 0 saturated heterocycles. The Kier molecular flexibility index (Phi) is 4.42. The molecular weight excluding hydrogens is 272 g/mol. The average molecular weight is 289 g/mol. The summed E-state index contributed by atoms with van der Waals surface area (Å²) in [5.41, 5.74) is 11.1. The van der Waals surface area contributed by atoms with Gasteiger partial charge in [0.2, 0.25) is 5.91 Å². The molecule has 3 rings (SSSR count). The topological polar surface area (TPSA) is 55.1 Å². The van der Waals surface area contributed by atoms with Gasteiger partial charge in [-0.3, -0.25) is 4.79 Å². The van der Waals surface area contributed by atoms with Crippen molar-refractivity contribution >= 4 is 24.0 Å². The Morgan fingerprint density at radius 3 is 2.45 bits per heavy atom. The summed E-state index contributed by atoms with van der Waals surface area (Å²) in [6.07, 6.45) is 1.39. The molecule has 2 aromatic carbocycles. The van der Waals surface area contributed by atoms with Gasteiger partial charge in [0.15, 0.2) is 0 Å². The molecule has 1 heterocycles. The summed E-state index contributed by atoms with van der Waals surface area (Å²) in [7, 11) is 0. The summed E-state index contributed by atoms with van der Waals surface area (Å²) >= 11 is 0. The summed E-state index contributed by atoms with van der Waals surface area (Å²) in [4.78, 5) is 11.3. The lowest BCUT2D eigenvalue weighted by atomic mass is 10.00. The van der Waals surface area contributed by atoms with Gasteiger partial charge >= 0.3 is 0 Å². The molecule has 2 aromatic rings. The van der Waals surface area contributed by atoms with E-state index in [1.165, 1.54) is 11.1 Å². The van der Waals surface area contributed by atoms with Gasteiger partial charge in [-0.1, -0.05) is 30.3 Å². The highest BCUT2D eigenvalue weighted by Crippen LogP contribution is 2.29. The zero-order valence-corrected chi connectivity index (χ0v) is 11.9. The highest BCUT2D eigenvalue weighted by molar-refractivity contribution is 5.99. The van der Waals surface area contributed by atoms with Gasteiger partial charge < -0.3 is 11.1 Å². The van der Waals surface area contributed by atoms with E-state index in [1.807, 2.05) is 12.1 Å². The molecule has 0 radical (unpaired) electrons. The zero-order chi connectivity index (χ0) is 13.2. The van der Waals surface area contributed by atoms with Crippen molar-refractivity contribution in [2.24, 2.45) is 5.73 Å². The number of carbonyl (C=O) groups excluding carboxylic acids is 1. The molecule has 20 heavy (non-hydrogen) atoms. The van der Waals surface area contributed by atoms with Crippen LogP contribution in [0.25, 0.3) is 11.1 Å². The van der Waals surface area contributed by atoms with Crippen LogP contribution < -0.4 is 11.1 Å². The second-order valence-corrected chi connectivity index (χ2v) is 4.83. The van der Waals surface area contributed by atoms with E-state index in [-0.39, 0.29) is 18.3 Å². The minimum atomic E-state index is 0. The summed E-state index contributed by atoms with van der Waals surface area (Å²) < 4.78 is 0. The van der Waals surface area contributed by atoms with Crippen molar-refractivity contribution in [1.82, 2.24) is 0 Å². The maximum Gasteiger partial charge on any atom is 0.228 e. The molecule has 0 unspecified atom stereocenters. The second-order valence-electron chi connectivity index (χ2n) is 4.83. The van der Waals surface area contributed by atoms with Crippen LogP contribution in [-0.4, -0.2) is 12.5 Å². The Morgan fingerprint density at radius 2 is 1.75 bits per heavy atom. The van der Waals surface area contributed by atoms with E-state index in [9.17, 15) is 4.79 Å². The average Bonchev–Trinajstić information content (AvgIpc) is 2.79. The van der Waals surface area contributed by atoms with E-state index in [1.54, 1.807) is 0 Å². The number of anilines is 1. The predicted octanol–water partition coefficient (Wildman–Crippen LogP) is 2.77. The first-order valence-corrected chi connectivity index (χ1v) is 6.48. The molecule has 0 atom stereocenters. The van der Waals surface area contributed by atoms with Crippen LogP contribution in [0.15, 0.2) is 42.5 Å². The number of nitrogens with two attached hydrogens (primary N) is 1. The van der Waals surface area contributed by atoms with Crippen molar-refractivity contribution in [3.8, 4) is 11.1 Å². The van der Waals surface area contributed by atoms with E-state index in [2.05, 4.69) is 35.6 Å². The van der Waals surface area contributed by atoms with E-state index in [0.29, 0.717) is 13.0 Å². The number of hydrogen-bond donors (Lipinski definition) is 2. The lowest BCUT2D eigenvalue weighted by Gasteiger charge is -2.06. The summed E-state index contributed by atoms with van der Waals surface area (Å²) in [6, 6.07) is 14.5. The maximum atomic E-state index is 11.3. The van der Waals surface area contributed by atoms with Crippen LogP contribution in [0.5, 0.6) is 0 Å². The summed E-state index contributed by atoms with van der Waals surface area (Å²) in [6.45, 7) is 0.673. The van der Waals surface area contributed by atoms with Crippen LogP contribution in [0, 0.1) is 0 Å². The van der Waals surface area contributed by atoms with Crippen molar-refractivity contribution in [2.45, 2.75) is 12.8 Å². The summed E-state index contributed by atoms with van der Waals surface area (Å²) in [5.74, 6) is 0.0745. The van der Waals surface area contributed by atoms with Crippen molar-refractivity contribution in [3.63, 3.8) is 0 Å². The monoisotopic (exact) mass is 288 g/mol. The van der Waals surface area contributed by atoms with Gasteiger partial charge in [0.05, 0.1) is 6.42 Å². The molecule has 3 N–H and O–H groups in total. The number of nitrogens with one attached hydrogen (secondary N) is 1. The first kappa shape index (κ1) is 14.6. The smallest absolute Gasteiger partial charge is 0.228 e. The van der Waals surface area contributed by atoms with Crippen molar-refractivity contribution < 1.29 is 4.79 Å². The number of amides is 1. The van der Waals surface area contributed by atoms with Crippen LogP contribution in [-0.2, 0) is 17.6 Å². The Bertz CT molecular complexity index is 623. The van der Waals surface area contributed by atoms with E-state index in [4.69, 9.17) is 5.73 Å². The number of benzene rings is 2. The molecule has 104 valence electrons. The second kappa shape index (κ2) is 6.07. The molecule has 3 nitrogen and oxygen atoms in total. The molecule has 1 aliphatic heterocycles. The SMILES string of the molecule is Cl.NCCc1ccc(-c2ccc3c(c2)CC(=O)N3)cc1. The molecular formula is C16H17ClN2O. The molecule has 0 spiro atoms. The van der Waals surface area contributed by atoms with Gasteiger partial charge in [0.1, 0.15) is 0 Å². The molecule has 1 aliphatic rings. The van der Waals surface area contributed by atoms with Crippen LogP contribution in [0.4, 0.5) is 5.69 Å². The third-order valence-corrected chi connectivity index (χ3v) is 3.45. The molecule has 0 aromatic heterocycles. The van der Waals surface area contributed by atoms with E-state index >= 15 is 0 Å². The maximum absolute atomic E-state index is 11.3. The van der Waals surface area contributed by atoms with Crippen molar-refractivity contribution in [1.29, 1.82) is 0 Å². The minimum Gasteiger partial charge on any atom is -0.330 e. The number of hydrogen-bond acceptors (Lipinski definition) is 2. The number of fused-ring (bicyclic) bond motifs is 1. The van der Waals surface area contributed by atoms with Crippen LogP contribution >= 0.6 is 12.4 Å². The van der Waals surface area contributed by atoms with Crippen LogP contribution in [0.1, 0.15) is 11.1 Å². The van der Waals surface area contributed by atoms with Crippen LogP contribution in [0.2, 0.25) is 0 Å². The molecule has 1 amide bonds. The molecule has 0 fully saturated rings. The Balaban J connectivity index is 0.00000147. The Hall–Kier alpha value is -1.84. The van der Waals surface area contributed by atoms with E-state index in [0.717, 1.165) is 23.2 Å². The Labute approximate surface area is 124 Å². The normalized spacial score (nSPS) is 12.6.